The second-order valence-electron chi connectivity index (χ2n) is 3.14. The Morgan fingerprint density at radius 3 is 2.50 bits per heavy atom. The van der Waals surface area contributed by atoms with E-state index in [2.05, 4.69) is 10.2 Å². The molecule has 0 saturated carbocycles. The van der Waals surface area contributed by atoms with Crippen LogP contribution < -0.4 is 0 Å². The molecule has 1 aromatic heterocycles. The van der Waals surface area contributed by atoms with Crippen LogP contribution in [0.15, 0.2) is 30.3 Å². The van der Waals surface area contributed by atoms with E-state index in [0.717, 1.165) is 4.32 Å². The zero-order valence-corrected chi connectivity index (χ0v) is 9.61. The smallest absolute Gasteiger partial charge is 0.176 e. The second-order valence-corrected chi connectivity index (χ2v) is 3.80. The Hall–Kier alpha value is -1.39. The summed E-state index contributed by atoms with van der Waals surface area (Å²) in [6, 6.07) is 8.92. The summed E-state index contributed by atoms with van der Waals surface area (Å²) in [6.07, 6.45) is 0.0928. The number of hydrogen-bond acceptors (Lipinski definition) is 3. The van der Waals surface area contributed by atoms with Crippen LogP contribution in [0.1, 0.15) is 16.1 Å². The standard InChI is InChI=1S/C10H7Cl2N3O/c11-10-8(13-15(12)14-10)6-9(16)7-4-2-1-3-5-7/h1-5H,6H2. The Morgan fingerprint density at radius 2 is 1.94 bits per heavy atom. The normalized spacial score (nSPS) is 10.4. The highest BCUT2D eigenvalue weighted by atomic mass is 35.5. The summed E-state index contributed by atoms with van der Waals surface area (Å²) in [6.45, 7) is 0. The lowest BCUT2D eigenvalue weighted by molar-refractivity contribution is 0.0992. The molecule has 0 N–H and O–H groups in total. The molecular formula is C10H7Cl2N3O. The van der Waals surface area contributed by atoms with Gasteiger partial charge in [-0.05, 0) is 0 Å². The summed E-state index contributed by atoms with van der Waals surface area (Å²) in [5, 5.41) is 7.59. The maximum Gasteiger partial charge on any atom is 0.176 e. The molecule has 0 atom stereocenters. The molecule has 0 spiro atoms. The first-order valence-corrected chi connectivity index (χ1v) is 5.24. The molecule has 0 aliphatic heterocycles. The predicted octanol–water partition coefficient (Wildman–Crippen LogP) is 2.36. The van der Waals surface area contributed by atoms with E-state index in [-0.39, 0.29) is 17.4 Å². The average molecular weight is 256 g/mol. The molecule has 0 amide bonds. The quantitative estimate of drug-likeness (QED) is 0.792. The third kappa shape index (κ3) is 2.40. The minimum absolute atomic E-state index is 0.0698. The summed E-state index contributed by atoms with van der Waals surface area (Å²) >= 11 is 11.2. The van der Waals surface area contributed by atoms with Crippen molar-refractivity contribution in [2.75, 3.05) is 0 Å². The molecule has 0 aliphatic rings. The summed E-state index contributed by atoms with van der Waals surface area (Å²) in [5.74, 6) is -0.0698. The lowest BCUT2D eigenvalue weighted by atomic mass is 10.1. The van der Waals surface area contributed by atoms with Gasteiger partial charge in [-0.15, -0.1) is 10.2 Å². The van der Waals surface area contributed by atoms with Crippen molar-refractivity contribution in [1.29, 1.82) is 0 Å². The molecule has 16 heavy (non-hydrogen) atoms. The fraction of sp³-hybridized carbons (Fsp3) is 0.100. The lowest BCUT2D eigenvalue weighted by Gasteiger charge is -1.97. The Kier molecular flexibility index (Phi) is 3.22. The van der Waals surface area contributed by atoms with Crippen LogP contribution >= 0.6 is 23.4 Å². The van der Waals surface area contributed by atoms with E-state index in [9.17, 15) is 4.79 Å². The molecule has 0 fully saturated rings. The highest BCUT2D eigenvalue weighted by Crippen LogP contribution is 2.13. The van der Waals surface area contributed by atoms with Gasteiger partial charge in [-0.3, -0.25) is 4.79 Å². The SMILES string of the molecule is O=C(Cc1nn(Cl)nc1Cl)c1ccccc1. The Balaban J connectivity index is 2.17. The number of carbonyl (C=O) groups excluding carboxylic acids is 1. The third-order valence-corrected chi connectivity index (χ3v) is 2.48. The first-order valence-electron chi connectivity index (χ1n) is 4.53. The van der Waals surface area contributed by atoms with Crippen LogP contribution in [0.5, 0.6) is 0 Å². The largest absolute Gasteiger partial charge is 0.294 e. The lowest BCUT2D eigenvalue weighted by Crippen LogP contribution is -2.04. The van der Waals surface area contributed by atoms with E-state index in [1.54, 1.807) is 24.3 Å². The Morgan fingerprint density at radius 1 is 1.25 bits per heavy atom. The number of benzene rings is 1. The molecule has 2 rings (SSSR count). The number of carbonyl (C=O) groups is 1. The van der Waals surface area contributed by atoms with Crippen molar-refractivity contribution in [1.82, 2.24) is 14.5 Å². The van der Waals surface area contributed by atoms with Gasteiger partial charge in [-0.2, -0.15) is 0 Å². The molecule has 0 unspecified atom stereocenters. The van der Waals surface area contributed by atoms with Gasteiger partial charge in [0.05, 0.1) is 18.2 Å². The maximum absolute atomic E-state index is 11.8. The highest BCUT2D eigenvalue weighted by Gasteiger charge is 2.13. The predicted molar refractivity (Wildman–Crippen MR) is 60.8 cm³/mol. The molecule has 1 heterocycles. The Labute approximate surface area is 102 Å². The number of Topliss-reactive ketones (excluding diaryl/α,β-unsaturated/α-hetero) is 1. The highest BCUT2D eigenvalue weighted by molar-refractivity contribution is 6.30. The van der Waals surface area contributed by atoms with Crippen molar-refractivity contribution in [2.45, 2.75) is 6.42 Å². The van der Waals surface area contributed by atoms with Crippen molar-refractivity contribution in [3.8, 4) is 0 Å². The van der Waals surface area contributed by atoms with E-state index in [0.29, 0.717) is 11.3 Å². The summed E-state index contributed by atoms with van der Waals surface area (Å²) in [5.41, 5.74) is 0.994. The summed E-state index contributed by atoms with van der Waals surface area (Å²) in [4.78, 5) is 11.8. The van der Waals surface area contributed by atoms with Gasteiger partial charge in [0.1, 0.15) is 5.69 Å². The minimum atomic E-state index is -0.0698. The number of nitrogens with zero attached hydrogens (tertiary/aromatic N) is 3. The van der Waals surface area contributed by atoms with Crippen LogP contribution in [0.4, 0.5) is 0 Å². The van der Waals surface area contributed by atoms with Gasteiger partial charge in [0.2, 0.25) is 0 Å². The van der Waals surface area contributed by atoms with Crippen LogP contribution in [0.2, 0.25) is 5.15 Å². The van der Waals surface area contributed by atoms with Gasteiger partial charge in [0.15, 0.2) is 10.9 Å². The van der Waals surface area contributed by atoms with Gasteiger partial charge >= 0.3 is 0 Å². The second kappa shape index (κ2) is 4.63. The fourth-order valence-corrected chi connectivity index (χ4v) is 1.66. The summed E-state index contributed by atoms with van der Waals surface area (Å²) < 4.78 is 0.829. The van der Waals surface area contributed by atoms with Crippen LogP contribution in [0.25, 0.3) is 0 Å². The number of hydrogen-bond donors (Lipinski definition) is 0. The minimum Gasteiger partial charge on any atom is -0.294 e. The van der Waals surface area contributed by atoms with Gasteiger partial charge < -0.3 is 0 Å². The monoisotopic (exact) mass is 255 g/mol. The zero-order valence-electron chi connectivity index (χ0n) is 8.10. The van der Waals surface area contributed by atoms with E-state index >= 15 is 0 Å². The van der Waals surface area contributed by atoms with Crippen LogP contribution in [0.3, 0.4) is 0 Å². The van der Waals surface area contributed by atoms with Gasteiger partial charge in [0, 0.05) is 5.56 Å². The molecular weight excluding hydrogens is 249 g/mol. The molecule has 2 aromatic rings. The van der Waals surface area contributed by atoms with Crippen molar-refractivity contribution in [2.24, 2.45) is 0 Å². The first kappa shape index (κ1) is 11.1. The van der Waals surface area contributed by atoms with Crippen molar-refractivity contribution in [3.63, 3.8) is 0 Å². The van der Waals surface area contributed by atoms with E-state index < -0.39 is 0 Å². The van der Waals surface area contributed by atoms with E-state index in [1.807, 2.05) is 6.07 Å². The Bertz CT molecular complexity index is 510. The molecule has 6 heteroatoms. The average Bonchev–Trinajstić information content (AvgIpc) is 2.59. The molecule has 0 radical (unpaired) electrons. The van der Waals surface area contributed by atoms with Gasteiger partial charge in [-0.25, -0.2) is 0 Å². The van der Waals surface area contributed by atoms with Crippen LogP contribution in [-0.4, -0.2) is 20.3 Å². The number of aromatic nitrogens is 3. The van der Waals surface area contributed by atoms with Crippen molar-refractivity contribution < 1.29 is 4.79 Å². The topological polar surface area (TPSA) is 47.8 Å². The zero-order chi connectivity index (χ0) is 11.5. The first-order chi connectivity index (χ1) is 7.66. The number of rotatable bonds is 3. The van der Waals surface area contributed by atoms with Crippen molar-refractivity contribution >= 4 is 29.2 Å². The molecule has 82 valence electrons. The molecule has 0 aliphatic carbocycles. The summed E-state index contributed by atoms with van der Waals surface area (Å²) in [7, 11) is 0. The maximum atomic E-state index is 11.8. The number of ketones is 1. The van der Waals surface area contributed by atoms with Crippen molar-refractivity contribution in [3.05, 3.63) is 46.7 Å². The number of halogens is 2. The molecule has 1 aromatic carbocycles. The molecule has 0 saturated heterocycles. The van der Waals surface area contributed by atoms with Crippen LogP contribution in [-0.2, 0) is 6.42 Å². The fourth-order valence-electron chi connectivity index (χ4n) is 1.28. The third-order valence-electron chi connectivity index (χ3n) is 2.04. The van der Waals surface area contributed by atoms with Gasteiger partial charge in [-0.1, -0.05) is 46.2 Å². The molecule has 0 bridgehead atoms. The van der Waals surface area contributed by atoms with Gasteiger partial charge in [0.25, 0.3) is 0 Å². The van der Waals surface area contributed by atoms with Crippen LogP contribution in [0, 0.1) is 0 Å². The molecule has 4 nitrogen and oxygen atoms in total. The van der Waals surface area contributed by atoms with E-state index in [4.69, 9.17) is 23.4 Å². The van der Waals surface area contributed by atoms with E-state index in [1.165, 1.54) is 0 Å².